The van der Waals surface area contributed by atoms with Crippen molar-refractivity contribution >= 4 is 17.7 Å². The van der Waals surface area contributed by atoms with Crippen LogP contribution in [0.25, 0.3) is 0 Å². The average molecular weight is 431 g/mol. The van der Waals surface area contributed by atoms with E-state index in [2.05, 4.69) is 32.6 Å². The fourth-order valence-corrected chi connectivity index (χ4v) is 4.50. The summed E-state index contributed by atoms with van der Waals surface area (Å²) in [5.74, 6) is 1.19. The Morgan fingerprint density at radius 2 is 1.77 bits per heavy atom. The molecule has 1 aromatic carbocycles. The van der Waals surface area contributed by atoms with Crippen molar-refractivity contribution in [2.75, 3.05) is 18.1 Å². The number of aliphatic hydroxyl groups excluding tert-OH is 1. The van der Waals surface area contributed by atoms with Gasteiger partial charge in [-0.25, -0.2) is 0 Å². The Hall–Kier alpha value is -1.78. The second kappa shape index (κ2) is 13.5. The summed E-state index contributed by atoms with van der Waals surface area (Å²) in [6.45, 7) is 9.90. The van der Waals surface area contributed by atoms with E-state index in [0.717, 1.165) is 48.3 Å². The van der Waals surface area contributed by atoms with E-state index >= 15 is 0 Å². The van der Waals surface area contributed by atoms with Gasteiger partial charge in [-0.2, -0.15) is 11.8 Å². The molecular formula is C26H38O3S. The predicted octanol–water partition coefficient (Wildman–Crippen LogP) is 6.40. The van der Waals surface area contributed by atoms with E-state index in [-0.39, 0.29) is 12.0 Å². The summed E-state index contributed by atoms with van der Waals surface area (Å²) in [5.41, 5.74) is 0.946. The maximum Gasteiger partial charge on any atom is 0.313 e. The molecule has 2 unspecified atom stereocenters. The van der Waals surface area contributed by atoms with Crippen LogP contribution in [0.15, 0.2) is 66.8 Å². The van der Waals surface area contributed by atoms with Crippen LogP contribution >= 0.6 is 11.8 Å². The molecule has 0 amide bonds. The molecule has 1 rings (SSSR count). The zero-order valence-electron chi connectivity index (χ0n) is 18.8. The maximum absolute atomic E-state index is 11.9. The number of hydrogen-bond acceptors (Lipinski definition) is 3. The van der Waals surface area contributed by atoms with Gasteiger partial charge in [-0.15, -0.1) is 0 Å². The van der Waals surface area contributed by atoms with Gasteiger partial charge in [-0.1, -0.05) is 75.1 Å². The van der Waals surface area contributed by atoms with Crippen LogP contribution in [0.4, 0.5) is 0 Å². The van der Waals surface area contributed by atoms with Gasteiger partial charge in [0, 0.05) is 5.41 Å². The maximum atomic E-state index is 11.9. The number of thioether (sulfide) groups is 1. The Balaban J connectivity index is 2.49. The molecule has 2 N–H and O–H groups in total. The lowest BCUT2D eigenvalue weighted by atomic mass is 9.78. The number of aliphatic hydroxyl groups is 1. The smallest absolute Gasteiger partial charge is 0.313 e. The molecule has 1 aromatic rings. The second-order valence-corrected chi connectivity index (χ2v) is 9.43. The Morgan fingerprint density at radius 3 is 2.30 bits per heavy atom. The molecule has 4 heteroatoms. The van der Waals surface area contributed by atoms with Crippen LogP contribution in [0.1, 0.15) is 58.4 Å². The topological polar surface area (TPSA) is 57.5 Å². The van der Waals surface area contributed by atoms with Crippen molar-refractivity contribution in [2.24, 2.45) is 5.41 Å². The Morgan fingerprint density at radius 1 is 1.13 bits per heavy atom. The van der Waals surface area contributed by atoms with E-state index in [1.54, 1.807) is 6.08 Å². The Kier molecular flexibility index (Phi) is 11.8. The van der Waals surface area contributed by atoms with Crippen molar-refractivity contribution in [2.45, 2.75) is 58.3 Å². The van der Waals surface area contributed by atoms with Crippen LogP contribution in [0.3, 0.4) is 0 Å². The van der Waals surface area contributed by atoms with Gasteiger partial charge in [0.2, 0.25) is 0 Å². The molecule has 0 bridgehead atoms. The van der Waals surface area contributed by atoms with Gasteiger partial charge in [0.1, 0.15) is 0 Å². The largest absolute Gasteiger partial charge is 0.481 e. The molecule has 0 fully saturated rings. The molecule has 0 spiro atoms. The Labute approximate surface area is 187 Å². The van der Waals surface area contributed by atoms with E-state index < -0.39 is 11.4 Å². The third-order valence-electron chi connectivity index (χ3n) is 5.75. The molecule has 0 aliphatic carbocycles. The van der Waals surface area contributed by atoms with Crippen molar-refractivity contribution in [1.82, 2.24) is 0 Å². The summed E-state index contributed by atoms with van der Waals surface area (Å²) in [7, 11) is 0. The predicted molar refractivity (Wildman–Crippen MR) is 130 cm³/mol. The summed E-state index contributed by atoms with van der Waals surface area (Å²) in [5, 5.41) is 19.8. The van der Waals surface area contributed by atoms with Crippen LogP contribution in [0, 0.1) is 5.41 Å². The highest BCUT2D eigenvalue weighted by Gasteiger charge is 2.34. The van der Waals surface area contributed by atoms with Gasteiger partial charge in [0.05, 0.1) is 12.0 Å². The number of benzene rings is 1. The van der Waals surface area contributed by atoms with Crippen LogP contribution in [0.2, 0.25) is 0 Å². The zero-order chi connectivity index (χ0) is 22.5. The van der Waals surface area contributed by atoms with Gasteiger partial charge in [0.15, 0.2) is 0 Å². The van der Waals surface area contributed by atoms with Crippen LogP contribution in [-0.4, -0.2) is 34.3 Å². The van der Waals surface area contributed by atoms with E-state index in [1.165, 1.54) is 0 Å². The minimum absolute atomic E-state index is 0.124. The number of aliphatic carboxylic acids is 1. The summed E-state index contributed by atoms with van der Waals surface area (Å²) < 4.78 is 0. The molecule has 0 aromatic heterocycles. The minimum Gasteiger partial charge on any atom is -0.481 e. The number of rotatable bonds is 15. The molecular weight excluding hydrogens is 392 g/mol. The highest BCUT2D eigenvalue weighted by Crippen LogP contribution is 2.34. The highest BCUT2D eigenvalue weighted by atomic mass is 32.2. The normalized spacial score (nSPS) is 16.2. The van der Waals surface area contributed by atoms with E-state index in [4.69, 9.17) is 0 Å². The fraction of sp³-hybridized carbons (Fsp3) is 0.500. The van der Waals surface area contributed by atoms with Crippen molar-refractivity contribution in [3.05, 3.63) is 72.4 Å². The second-order valence-electron chi connectivity index (χ2n) is 8.20. The molecule has 0 aliphatic rings. The van der Waals surface area contributed by atoms with E-state index in [0.29, 0.717) is 6.42 Å². The molecule has 3 nitrogen and oxygen atoms in total. The molecule has 166 valence electrons. The number of carbonyl (C=O) groups is 1. The molecule has 0 saturated carbocycles. The van der Waals surface area contributed by atoms with E-state index in [1.807, 2.05) is 55.1 Å². The van der Waals surface area contributed by atoms with Crippen molar-refractivity contribution in [3.8, 4) is 0 Å². The molecule has 30 heavy (non-hydrogen) atoms. The zero-order valence-corrected chi connectivity index (χ0v) is 19.6. The van der Waals surface area contributed by atoms with Crippen LogP contribution < -0.4 is 0 Å². The quantitative estimate of drug-likeness (QED) is 0.250. The van der Waals surface area contributed by atoms with Gasteiger partial charge in [-0.3, -0.25) is 4.79 Å². The van der Waals surface area contributed by atoms with Gasteiger partial charge in [0.25, 0.3) is 0 Å². The Bertz CT molecular complexity index is 710. The lowest BCUT2D eigenvalue weighted by Gasteiger charge is -2.29. The SMILES string of the molecule is C=C/C=C\C(=C/CC)C(C)(CO)CCCSCCCC(C)(C(=O)O)c1ccccc1. The average Bonchev–Trinajstić information content (AvgIpc) is 2.76. The highest BCUT2D eigenvalue weighted by molar-refractivity contribution is 7.99. The summed E-state index contributed by atoms with van der Waals surface area (Å²) in [4.78, 5) is 11.9. The third-order valence-corrected chi connectivity index (χ3v) is 6.90. The van der Waals surface area contributed by atoms with E-state index in [9.17, 15) is 15.0 Å². The number of allylic oxidation sites excluding steroid dienone is 4. The lowest BCUT2D eigenvalue weighted by molar-refractivity contribution is -0.143. The summed E-state index contributed by atoms with van der Waals surface area (Å²) in [6.07, 6.45) is 12.3. The van der Waals surface area contributed by atoms with Gasteiger partial charge in [-0.05, 0) is 61.7 Å². The monoisotopic (exact) mass is 430 g/mol. The first kappa shape index (κ1) is 26.3. The van der Waals surface area contributed by atoms with Crippen molar-refractivity contribution < 1.29 is 15.0 Å². The fourth-order valence-electron chi connectivity index (χ4n) is 3.60. The number of hydrogen-bond donors (Lipinski definition) is 2. The summed E-state index contributed by atoms with van der Waals surface area (Å²) in [6, 6.07) is 9.51. The molecule has 2 atom stereocenters. The minimum atomic E-state index is -0.839. The molecule has 0 radical (unpaired) electrons. The number of carboxylic acids is 1. The standard InChI is InChI=1S/C26H38O3S/c1-5-7-14-22(13-6-2)25(3,21-27)17-11-19-30-20-12-18-26(4,24(28)29)23-15-9-8-10-16-23/h5,7-10,13-16,27H,1,6,11-12,17-21H2,2-4H3,(H,28,29)/b14-7-,22-13+. The van der Waals surface area contributed by atoms with Crippen LogP contribution in [-0.2, 0) is 10.2 Å². The third kappa shape index (κ3) is 7.81. The first-order chi connectivity index (χ1) is 14.3. The lowest BCUT2D eigenvalue weighted by Crippen LogP contribution is -2.32. The first-order valence-electron chi connectivity index (χ1n) is 10.8. The van der Waals surface area contributed by atoms with Crippen molar-refractivity contribution in [3.63, 3.8) is 0 Å². The van der Waals surface area contributed by atoms with Gasteiger partial charge < -0.3 is 10.2 Å². The van der Waals surface area contributed by atoms with Crippen molar-refractivity contribution in [1.29, 1.82) is 0 Å². The first-order valence-corrected chi connectivity index (χ1v) is 12.0. The molecule has 0 aliphatic heterocycles. The van der Waals surface area contributed by atoms with Gasteiger partial charge >= 0.3 is 5.97 Å². The molecule has 0 saturated heterocycles. The molecule has 0 heterocycles. The number of carboxylic acid groups (broad SMARTS) is 1. The summed E-state index contributed by atoms with van der Waals surface area (Å²) >= 11 is 1.87. The van der Waals surface area contributed by atoms with Crippen LogP contribution in [0.5, 0.6) is 0 Å².